The quantitative estimate of drug-likeness (QED) is 0.300. The number of nitrogens with two attached hydrogens (primary N) is 2. The second-order valence-corrected chi connectivity index (χ2v) is 7.02. The highest BCUT2D eigenvalue weighted by molar-refractivity contribution is 5.98. The van der Waals surface area contributed by atoms with E-state index in [0.29, 0.717) is 22.3 Å². The summed E-state index contributed by atoms with van der Waals surface area (Å²) in [4.78, 5) is 19.7. The molecule has 4 rings (SSSR count). The Kier molecular flexibility index (Phi) is 5.22. The van der Waals surface area contributed by atoms with Crippen molar-refractivity contribution < 1.29 is 14.3 Å². The fourth-order valence-corrected chi connectivity index (χ4v) is 3.55. The second-order valence-electron chi connectivity index (χ2n) is 7.02. The van der Waals surface area contributed by atoms with Gasteiger partial charge in [-0.2, -0.15) is 10.5 Å². The van der Waals surface area contributed by atoms with Gasteiger partial charge in [0.1, 0.15) is 35.1 Å². The van der Waals surface area contributed by atoms with E-state index in [9.17, 15) is 14.4 Å². The summed E-state index contributed by atoms with van der Waals surface area (Å²) in [5, 5.41) is 32.6. The van der Waals surface area contributed by atoms with Crippen molar-refractivity contribution in [3.63, 3.8) is 0 Å². The van der Waals surface area contributed by atoms with Crippen molar-refractivity contribution in [1.29, 1.82) is 10.5 Å². The van der Waals surface area contributed by atoms with E-state index >= 15 is 0 Å². The van der Waals surface area contributed by atoms with Gasteiger partial charge in [-0.3, -0.25) is 5.32 Å². The van der Waals surface area contributed by atoms with Gasteiger partial charge in [0.25, 0.3) is 0 Å². The van der Waals surface area contributed by atoms with E-state index in [2.05, 4.69) is 20.6 Å². The minimum atomic E-state index is -1.35. The number of pyridine rings is 1. The van der Waals surface area contributed by atoms with Gasteiger partial charge in [0.2, 0.25) is 5.96 Å². The van der Waals surface area contributed by atoms with E-state index in [4.69, 9.17) is 21.8 Å². The Hall–Kier alpha value is -5.16. The molecule has 0 spiro atoms. The standard InChI is InChI=1S/C22H15FN8O2/c23-15-7-12(5-6-13(15)21(32)33)10-1-3-11(4-2-10)18-16-17(26)14(8-24)19(27)30-20(16)31-22(29-18)28-9-25/h1-7,18H,(H,32,33)(H6,26,27,28,29,30,31). The highest BCUT2D eigenvalue weighted by atomic mass is 19.1. The summed E-state index contributed by atoms with van der Waals surface area (Å²) in [6, 6.07) is 12.0. The number of hydrogen-bond acceptors (Lipinski definition) is 9. The van der Waals surface area contributed by atoms with Crippen LogP contribution in [-0.4, -0.2) is 22.0 Å². The number of benzene rings is 2. The molecule has 0 bridgehead atoms. The molecule has 1 atom stereocenters. The zero-order valence-corrected chi connectivity index (χ0v) is 16.8. The van der Waals surface area contributed by atoms with Crippen LogP contribution >= 0.6 is 0 Å². The van der Waals surface area contributed by atoms with Crippen LogP contribution < -0.4 is 22.1 Å². The molecule has 0 saturated carbocycles. The number of hydrogen-bond donors (Lipinski definition) is 5. The molecule has 11 heteroatoms. The van der Waals surface area contributed by atoms with Gasteiger partial charge in [0.05, 0.1) is 11.3 Å². The molecular weight excluding hydrogens is 427 g/mol. The maximum Gasteiger partial charge on any atom is 0.338 e. The molecular formula is C22H15FN8O2. The molecule has 10 nitrogen and oxygen atoms in total. The average molecular weight is 442 g/mol. The van der Waals surface area contributed by atoms with Gasteiger partial charge in [-0.05, 0) is 28.8 Å². The van der Waals surface area contributed by atoms with Gasteiger partial charge in [-0.1, -0.05) is 30.3 Å². The first-order valence-electron chi connectivity index (χ1n) is 9.46. The highest BCUT2D eigenvalue weighted by Gasteiger charge is 2.29. The largest absolute Gasteiger partial charge is 0.478 e. The van der Waals surface area contributed by atoms with Gasteiger partial charge in [-0.15, -0.1) is 0 Å². The average Bonchev–Trinajstić information content (AvgIpc) is 2.78. The number of nitrogen functional groups attached to an aromatic ring is 2. The summed E-state index contributed by atoms with van der Waals surface area (Å²) >= 11 is 0. The third-order valence-corrected chi connectivity index (χ3v) is 5.12. The Morgan fingerprint density at radius 1 is 1.15 bits per heavy atom. The molecule has 0 amide bonds. The monoisotopic (exact) mass is 442 g/mol. The molecule has 1 aliphatic heterocycles. The summed E-state index contributed by atoms with van der Waals surface area (Å²) < 4.78 is 14.1. The molecule has 1 unspecified atom stereocenters. The van der Waals surface area contributed by atoms with Gasteiger partial charge < -0.3 is 21.9 Å². The number of aromatic nitrogens is 1. The number of aliphatic imine (C=N–C) groups is 1. The van der Waals surface area contributed by atoms with Crippen LogP contribution in [0, 0.1) is 28.6 Å². The summed E-state index contributed by atoms with van der Waals surface area (Å²) in [6.45, 7) is 0. The Bertz CT molecular complexity index is 1400. The van der Waals surface area contributed by atoms with Crippen LogP contribution in [-0.2, 0) is 0 Å². The van der Waals surface area contributed by atoms with Crippen LogP contribution in [0.15, 0.2) is 47.5 Å². The molecule has 1 aromatic heterocycles. The first kappa shape index (κ1) is 21.1. The molecule has 3 aromatic rings. The maximum atomic E-state index is 14.1. The molecule has 2 heterocycles. The van der Waals surface area contributed by atoms with E-state index in [0.717, 1.165) is 6.07 Å². The normalized spacial score (nSPS) is 14.2. The molecule has 7 N–H and O–H groups in total. The van der Waals surface area contributed by atoms with Crippen LogP contribution in [0.25, 0.3) is 11.1 Å². The van der Waals surface area contributed by atoms with E-state index in [-0.39, 0.29) is 28.8 Å². The number of fused-ring (bicyclic) bond motifs is 1. The Balaban J connectivity index is 1.78. The number of anilines is 3. The van der Waals surface area contributed by atoms with Crippen molar-refractivity contribution in [3.05, 3.63) is 70.5 Å². The number of carboxylic acid groups (broad SMARTS) is 1. The first-order chi connectivity index (χ1) is 15.8. The van der Waals surface area contributed by atoms with Gasteiger partial charge in [-0.25, -0.2) is 19.2 Å². The smallest absolute Gasteiger partial charge is 0.338 e. The van der Waals surface area contributed by atoms with E-state index in [1.54, 1.807) is 30.5 Å². The molecule has 1 aliphatic rings. The zero-order valence-electron chi connectivity index (χ0n) is 16.8. The number of halogens is 1. The summed E-state index contributed by atoms with van der Waals surface area (Å²) in [5.74, 6) is -1.85. The molecule has 0 aliphatic carbocycles. The zero-order chi connectivity index (χ0) is 23.7. The maximum absolute atomic E-state index is 14.1. The second kappa shape index (κ2) is 8.17. The minimum absolute atomic E-state index is 0.0260. The van der Waals surface area contributed by atoms with Crippen molar-refractivity contribution in [1.82, 2.24) is 10.3 Å². The molecule has 2 aromatic carbocycles. The third kappa shape index (κ3) is 3.71. The number of aromatic carboxylic acids is 1. The Labute approximate surface area is 186 Å². The van der Waals surface area contributed by atoms with Gasteiger partial charge in [0.15, 0.2) is 6.19 Å². The fourth-order valence-electron chi connectivity index (χ4n) is 3.55. The van der Waals surface area contributed by atoms with Crippen LogP contribution in [0.4, 0.5) is 21.7 Å². The first-order valence-corrected chi connectivity index (χ1v) is 9.46. The van der Waals surface area contributed by atoms with Crippen molar-refractivity contribution in [3.8, 4) is 23.4 Å². The Morgan fingerprint density at radius 3 is 2.45 bits per heavy atom. The van der Waals surface area contributed by atoms with E-state index in [1.165, 1.54) is 12.1 Å². The van der Waals surface area contributed by atoms with Crippen LogP contribution in [0.3, 0.4) is 0 Å². The summed E-state index contributed by atoms with van der Waals surface area (Å²) in [7, 11) is 0. The predicted molar refractivity (Wildman–Crippen MR) is 118 cm³/mol. The number of nitriles is 2. The molecule has 0 saturated heterocycles. The number of carbonyl (C=O) groups is 1. The lowest BCUT2D eigenvalue weighted by Crippen LogP contribution is -2.32. The van der Waals surface area contributed by atoms with Crippen molar-refractivity contribution in [2.45, 2.75) is 6.04 Å². The highest BCUT2D eigenvalue weighted by Crippen LogP contribution is 2.40. The SMILES string of the molecule is N#CNC1=NC(c2ccc(-c3ccc(C(=O)O)c(F)c3)cc2)c2c(nc(N)c(C#N)c2N)N1. The van der Waals surface area contributed by atoms with Gasteiger partial charge in [0, 0.05) is 5.56 Å². The van der Waals surface area contributed by atoms with Crippen LogP contribution in [0.1, 0.15) is 33.1 Å². The predicted octanol–water partition coefficient (Wildman–Crippen LogP) is 2.56. The van der Waals surface area contributed by atoms with Gasteiger partial charge >= 0.3 is 5.97 Å². The number of guanidine groups is 1. The number of nitrogens with one attached hydrogen (secondary N) is 2. The lowest BCUT2D eigenvalue weighted by atomic mass is 9.93. The van der Waals surface area contributed by atoms with Crippen molar-refractivity contribution in [2.75, 3.05) is 16.8 Å². The Morgan fingerprint density at radius 2 is 1.85 bits per heavy atom. The molecule has 0 fully saturated rings. The van der Waals surface area contributed by atoms with Crippen LogP contribution in [0.2, 0.25) is 0 Å². The third-order valence-electron chi connectivity index (χ3n) is 5.12. The topological polar surface area (TPSA) is 186 Å². The molecule has 162 valence electrons. The van der Waals surface area contributed by atoms with Crippen molar-refractivity contribution in [2.24, 2.45) is 4.99 Å². The molecule has 0 radical (unpaired) electrons. The van der Waals surface area contributed by atoms with E-state index in [1.807, 2.05) is 6.07 Å². The molecule has 33 heavy (non-hydrogen) atoms. The number of carboxylic acids is 1. The van der Waals surface area contributed by atoms with Crippen molar-refractivity contribution >= 4 is 29.3 Å². The lowest BCUT2D eigenvalue weighted by molar-refractivity contribution is 0.0692. The minimum Gasteiger partial charge on any atom is -0.478 e. The fraction of sp³-hybridized carbons (Fsp3) is 0.0455. The number of nitrogens with zero attached hydrogens (tertiary/aromatic N) is 4. The van der Waals surface area contributed by atoms with E-state index < -0.39 is 23.4 Å². The lowest BCUT2D eigenvalue weighted by Gasteiger charge is -2.26. The number of rotatable bonds is 3. The summed E-state index contributed by atoms with van der Waals surface area (Å²) in [5.41, 5.74) is 14.0. The summed E-state index contributed by atoms with van der Waals surface area (Å²) in [6.07, 6.45) is 1.78. The van der Waals surface area contributed by atoms with Crippen LogP contribution in [0.5, 0.6) is 0 Å².